The third kappa shape index (κ3) is 95.5. The van der Waals surface area contributed by atoms with Gasteiger partial charge in [-0.1, -0.05) is 54.9 Å². The quantitative estimate of drug-likeness (QED) is 0.586. The van der Waals surface area contributed by atoms with Crippen molar-refractivity contribution in [1.82, 2.24) is 0 Å². The summed E-state index contributed by atoms with van der Waals surface area (Å²) in [5, 5.41) is 0. The molecule has 71 valence electrons. The molecule has 0 aliphatic rings. The van der Waals surface area contributed by atoms with Crippen molar-refractivity contribution in [3.8, 4) is 0 Å². The summed E-state index contributed by atoms with van der Waals surface area (Å²) in [6.45, 7) is 14.6. The molecule has 0 fully saturated rings. The van der Waals surface area contributed by atoms with Gasteiger partial charge in [-0.3, -0.25) is 0 Å². The van der Waals surface area contributed by atoms with Crippen LogP contribution in [0.4, 0.5) is 0 Å². The first-order valence-electron chi connectivity index (χ1n) is 4.27. The molecular formula is C10H27Y-. The van der Waals surface area contributed by atoms with Gasteiger partial charge in [0.15, 0.2) is 0 Å². The van der Waals surface area contributed by atoms with E-state index < -0.39 is 0 Å². The maximum absolute atomic E-state index is 2.22. The van der Waals surface area contributed by atoms with Crippen molar-refractivity contribution >= 4 is 0 Å². The van der Waals surface area contributed by atoms with Gasteiger partial charge in [-0.25, -0.2) is 0 Å². The van der Waals surface area contributed by atoms with E-state index in [2.05, 4.69) is 20.8 Å². The third-order valence-corrected chi connectivity index (χ3v) is 0.816. The topological polar surface area (TPSA) is 0 Å². The fraction of sp³-hybridized carbons (Fsp3) is 0.900. The van der Waals surface area contributed by atoms with Gasteiger partial charge in [0.1, 0.15) is 0 Å². The van der Waals surface area contributed by atoms with E-state index in [4.69, 9.17) is 0 Å². The second-order valence-corrected chi connectivity index (χ2v) is 1.80. The molecule has 0 aromatic rings. The minimum atomic E-state index is 0. The molecule has 1 heteroatoms. The zero-order valence-electron chi connectivity index (χ0n) is 9.86. The Kier molecular flexibility index (Phi) is 117. The van der Waals surface area contributed by atoms with E-state index >= 15 is 0 Å². The first-order valence-corrected chi connectivity index (χ1v) is 4.27. The third-order valence-electron chi connectivity index (χ3n) is 0.816. The SMILES string of the molecule is CC.CC.CCC(C)C.[CH3-].[Y]. The molecule has 0 spiro atoms. The second-order valence-electron chi connectivity index (χ2n) is 1.80. The summed E-state index contributed by atoms with van der Waals surface area (Å²) in [4.78, 5) is 0. The van der Waals surface area contributed by atoms with Crippen LogP contribution in [0.1, 0.15) is 54.9 Å². The number of hydrogen-bond donors (Lipinski definition) is 0. The van der Waals surface area contributed by atoms with Crippen LogP contribution in [0.3, 0.4) is 0 Å². The molecule has 1 radical (unpaired) electrons. The van der Waals surface area contributed by atoms with Crippen LogP contribution in [0.15, 0.2) is 0 Å². The Labute approximate surface area is 100 Å². The molecule has 0 saturated heterocycles. The van der Waals surface area contributed by atoms with E-state index in [9.17, 15) is 0 Å². The van der Waals surface area contributed by atoms with Gasteiger partial charge in [0.25, 0.3) is 0 Å². The fourth-order valence-electron chi connectivity index (χ4n) is 0. The smallest absolute Gasteiger partial charge is 0 e. The summed E-state index contributed by atoms with van der Waals surface area (Å²) in [7, 11) is 0. The Morgan fingerprint density at radius 3 is 1.00 bits per heavy atom. The normalized spacial score (nSPS) is 5.45. The Bertz CT molecular complexity index is 18.8. The van der Waals surface area contributed by atoms with Crippen LogP contribution in [-0.2, 0) is 32.7 Å². The molecule has 0 rings (SSSR count). The minimum absolute atomic E-state index is 0. The summed E-state index contributed by atoms with van der Waals surface area (Å²) in [6, 6.07) is 0. The molecular weight excluding hydrogens is 209 g/mol. The molecule has 0 unspecified atom stereocenters. The van der Waals surface area contributed by atoms with Gasteiger partial charge >= 0.3 is 0 Å². The van der Waals surface area contributed by atoms with Crippen LogP contribution in [-0.4, -0.2) is 0 Å². The molecule has 0 N–H and O–H groups in total. The van der Waals surface area contributed by atoms with Crippen molar-refractivity contribution < 1.29 is 32.7 Å². The number of hydrogen-bond acceptors (Lipinski definition) is 0. The summed E-state index contributed by atoms with van der Waals surface area (Å²) >= 11 is 0. The largest absolute Gasteiger partial charge is 0.358 e. The predicted molar refractivity (Wildman–Crippen MR) is 54.2 cm³/mol. The zero-order valence-corrected chi connectivity index (χ0v) is 12.7. The monoisotopic (exact) mass is 236 g/mol. The van der Waals surface area contributed by atoms with E-state index in [1.165, 1.54) is 6.42 Å². The van der Waals surface area contributed by atoms with Crippen LogP contribution in [0, 0.1) is 13.3 Å². The number of rotatable bonds is 1. The molecule has 0 saturated carbocycles. The average Bonchev–Trinajstić information content (AvgIpc) is 1.97. The second kappa shape index (κ2) is 43.5. The van der Waals surface area contributed by atoms with Crippen molar-refractivity contribution in [2.45, 2.75) is 54.9 Å². The van der Waals surface area contributed by atoms with E-state index in [1.54, 1.807) is 0 Å². The van der Waals surface area contributed by atoms with Crippen molar-refractivity contribution in [1.29, 1.82) is 0 Å². The predicted octanol–water partition coefficient (Wildman–Crippen LogP) is 4.55. The summed E-state index contributed by atoms with van der Waals surface area (Å²) in [5.74, 6) is 0.884. The molecule has 0 aliphatic carbocycles. The Hall–Kier alpha value is 1.10. The van der Waals surface area contributed by atoms with Crippen LogP contribution in [0.2, 0.25) is 0 Å². The van der Waals surface area contributed by atoms with Gasteiger partial charge < -0.3 is 7.43 Å². The van der Waals surface area contributed by atoms with Gasteiger partial charge in [0.2, 0.25) is 0 Å². The minimum Gasteiger partial charge on any atom is -0.358 e. The van der Waals surface area contributed by atoms with Gasteiger partial charge in [-0.05, 0) is 5.92 Å². The molecule has 0 bridgehead atoms. The van der Waals surface area contributed by atoms with Gasteiger partial charge in [-0.2, -0.15) is 0 Å². The van der Waals surface area contributed by atoms with Gasteiger partial charge in [0, 0.05) is 32.7 Å². The van der Waals surface area contributed by atoms with E-state index in [1.807, 2.05) is 27.7 Å². The van der Waals surface area contributed by atoms with Crippen LogP contribution in [0.5, 0.6) is 0 Å². The summed E-state index contributed by atoms with van der Waals surface area (Å²) < 4.78 is 0. The molecule has 11 heavy (non-hydrogen) atoms. The van der Waals surface area contributed by atoms with Crippen molar-refractivity contribution in [3.63, 3.8) is 0 Å². The van der Waals surface area contributed by atoms with E-state index in [-0.39, 0.29) is 40.1 Å². The molecule has 0 heterocycles. The van der Waals surface area contributed by atoms with Crippen LogP contribution < -0.4 is 0 Å². The average molecular weight is 236 g/mol. The molecule has 0 aliphatic heterocycles. The van der Waals surface area contributed by atoms with Crippen LogP contribution >= 0.6 is 0 Å². The standard InChI is InChI=1S/C5H12.2C2H6.CH3.Y/c1-4-5(2)3;2*1-2;;/h5H,4H2,1-3H3;2*1-2H3;1H3;/q;;;-1;. The van der Waals surface area contributed by atoms with Gasteiger partial charge in [0.05, 0.1) is 0 Å². The van der Waals surface area contributed by atoms with Gasteiger partial charge in [-0.15, -0.1) is 0 Å². The molecule has 0 aromatic carbocycles. The summed E-state index contributed by atoms with van der Waals surface area (Å²) in [5.41, 5.74) is 0. The fourth-order valence-corrected chi connectivity index (χ4v) is 0. The van der Waals surface area contributed by atoms with Crippen molar-refractivity contribution in [2.24, 2.45) is 5.92 Å². The Morgan fingerprint density at radius 2 is 1.00 bits per heavy atom. The molecule has 0 atom stereocenters. The molecule has 0 amide bonds. The van der Waals surface area contributed by atoms with E-state index in [0.717, 1.165) is 5.92 Å². The maximum atomic E-state index is 2.22. The Morgan fingerprint density at radius 1 is 0.909 bits per heavy atom. The van der Waals surface area contributed by atoms with E-state index in [0.29, 0.717) is 0 Å². The molecule has 0 aromatic heterocycles. The maximum Gasteiger partial charge on any atom is 0 e. The Balaban J connectivity index is -0.0000000178. The first-order chi connectivity index (χ1) is 4.27. The van der Waals surface area contributed by atoms with Crippen molar-refractivity contribution in [3.05, 3.63) is 7.43 Å². The van der Waals surface area contributed by atoms with Crippen molar-refractivity contribution in [2.75, 3.05) is 0 Å². The van der Waals surface area contributed by atoms with Crippen LogP contribution in [0.25, 0.3) is 0 Å². The molecule has 0 nitrogen and oxygen atoms in total. The zero-order chi connectivity index (χ0) is 8.28. The first kappa shape index (κ1) is 29.6. The summed E-state index contributed by atoms with van der Waals surface area (Å²) in [6.07, 6.45) is 1.31.